The minimum Gasteiger partial charge on any atom is -0.480 e. The maximum absolute atomic E-state index is 12.1. The molecule has 0 aromatic heterocycles. The molecule has 0 radical (unpaired) electrons. The van der Waals surface area contributed by atoms with Crippen molar-refractivity contribution in [3.63, 3.8) is 0 Å². The summed E-state index contributed by atoms with van der Waals surface area (Å²) in [5, 5.41) is 21.0. The Balaban J connectivity index is 2.07. The second-order valence-corrected chi connectivity index (χ2v) is 4.45. The molecule has 3 amide bonds. The number of urea groups is 1. The Kier molecular flexibility index (Phi) is 3.37. The van der Waals surface area contributed by atoms with Crippen molar-refractivity contribution in [2.45, 2.75) is 18.6 Å². The van der Waals surface area contributed by atoms with E-state index in [2.05, 4.69) is 5.32 Å². The molecule has 2 aliphatic rings. The van der Waals surface area contributed by atoms with E-state index in [0.29, 0.717) is 13.1 Å². The Morgan fingerprint density at radius 3 is 2.72 bits per heavy atom. The highest BCUT2D eigenvalue weighted by Gasteiger charge is 2.41. The lowest BCUT2D eigenvalue weighted by atomic mass is 10.2. The molecule has 2 aliphatic heterocycles. The van der Waals surface area contributed by atoms with E-state index in [-0.39, 0.29) is 25.4 Å². The van der Waals surface area contributed by atoms with Crippen LogP contribution in [0.4, 0.5) is 4.79 Å². The SMILES string of the molecule is O=C1CN(C(=O)N2C[C@@H](O)C[C@H]2C(=O)O)CCN1. The molecule has 0 spiro atoms. The lowest BCUT2D eigenvalue weighted by Gasteiger charge is -2.32. The molecule has 2 saturated heterocycles. The van der Waals surface area contributed by atoms with E-state index in [1.54, 1.807) is 0 Å². The molecule has 2 atom stereocenters. The number of likely N-dealkylation sites (tertiary alicyclic amines) is 1. The molecule has 2 heterocycles. The van der Waals surface area contributed by atoms with Crippen LogP contribution >= 0.6 is 0 Å². The zero-order valence-corrected chi connectivity index (χ0v) is 9.70. The second-order valence-electron chi connectivity index (χ2n) is 4.45. The van der Waals surface area contributed by atoms with Crippen molar-refractivity contribution >= 4 is 17.9 Å². The zero-order chi connectivity index (χ0) is 13.3. The van der Waals surface area contributed by atoms with Crippen LogP contribution in [0.5, 0.6) is 0 Å². The van der Waals surface area contributed by atoms with Crippen molar-refractivity contribution in [1.29, 1.82) is 0 Å². The van der Waals surface area contributed by atoms with Gasteiger partial charge in [0.05, 0.1) is 6.10 Å². The van der Waals surface area contributed by atoms with Crippen LogP contribution in [0.25, 0.3) is 0 Å². The molecular formula is C10H15N3O5. The summed E-state index contributed by atoms with van der Waals surface area (Å²) in [6, 6.07) is -1.52. The molecule has 0 bridgehead atoms. The van der Waals surface area contributed by atoms with E-state index in [0.717, 1.165) is 4.90 Å². The number of carboxylic acid groups (broad SMARTS) is 1. The lowest BCUT2D eigenvalue weighted by molar-refractivity contribution is -0.141. The van der Waals surface area contributed by atoms with Gasteiger partial charge in [-0.3, -0.25) is 4.79 Å². The summed E-state index contributed by atoms with van der Waals surface area (Å²) in [5.41, 5.74) is 0. The molecule has 2 fully saturated rings. The average Bonchev–Trinajstić information content (AvgIpc) is 2.70. The monoisotopic (exact) mass is 257 g/mol. The van der Waals surface area contributed by atoms with Gasteiger partial charge in [0.2, 0.25) is 5.91 Å². The molecule has 8 heteroatoms. The summed E-state index contributed by atoms with van der Waals surface area (Å²) in [6.45, 7) is 0.633. The summed E-state index contributed by atoms with van der Waals surface area (Å²) < 4.78 is 0. The number of β-amino-alcohol motifs (C(OH)–C–C–N with tert-alkyl or cyclic N) is 1. The number of piperazine rings is 1. The van der Waals surface area contributed by atoms with Crippen LogP contribution in [-0.2, 0) is 9.59 Å². The number of carbonyl (C=O) groups excluding carboxylic acids is 2. The normalized spacial score (nSPS) is 28.2. The molecular weight excluding hydrogens is 242 g/mol. The maximum atomic E-state index is 12.1. The molecule has 0 aromatic rings. The van der Waals surface area contributed by atoms with Gasteiger partial charge in [0.1, 0.15) is 12.6 Å². The molecule has 100 valence electrons. The Morgan fingerprint density at radius 1 is 1.39 bits per heavy atom. The van der Waals surface area contributed by atoms with Gasteiger partial charge < -0.3 is 25.3 Å². The van der Waals surface area contributed by atoms with Crippen molar-refractivity contribution in [3.8, 4) is 0 Å². The zero-order valence-electron chi connectivity index (χ0n) is 9.70. The number of rotatable bonds is 1. The van der Waals surface area contributed by atoms with E-state index in [9.17, 15) is 19.5 Å². The number of amides is 3. The van der Waals surface area contributed by atoms with Crippen LogP contribution in [0, 0.1) is 0 Å². The third-order valence-corrected chi connectivity index (χ3v) is 3.12. The van der Waals surface area contributed by atoms with E-state index in [1.165, 1.54) is 4.90 Å². The highest BCUT2D eigenvalue weighted by atomic mass is 16.4. The summed E-state index contributed by atoms with van der Waals surface area (Å²) in [7, 11) is 0. The van der Waals surface area contributed by atoms with Crippen molar-refractivity contribution in [3.05, 3.63) is 0 Å². The topological polar surface area (TPSA) is 110 Å². The average molecular weight is 257 g/mol. The van der Waals surface area contributed by atoms with E-state index in [4.69, 9.17) is 5.11 Å². The standard InChI is InChI=1S/C10H15N3O5/c14-6-3-7(9(16)17)13(4-6)10(18)12-2-1-11-8(15)5-12/h6-7,14H,1-5H2,(H,11,15)(H,16,17)/t6-,7-/m0/s1. The highest BCUT2D eigenvalue weighted by Crippen LogP contribution is 2.20. The Labute approximate surface area is 103 Å². The number of aliphatic hydroxyl groups is 1. The Hall–Kier alpha value is -1.83. The molecule has 0 aromatic carbocycles. The Morgan fingerprint density at radius 2 is 2.11 bits per heavy atom. The number of hydrogen-bond acceptors (Lipinski definition) is 4. The first-order valence-electron chi connectivity index (χ1n) is 5.72. The summed E-state index contributed by atoms with van der Waals surface area (Å²) in [4.78, 5) is 36.7. The third-order valence-electron chi connectivity index (χ3n) is 3.12. The summed E-state index contributed by atoms with van der Waals surface area (Å²) in [6.07, 6.45) is -0.796. The first-order chi connectivity index (χ1) is 8.49. The fourth-order valence-corrected chi connectivity index (χ4v) is 2.24. The van der Waals surface area contributed by atoms with E-state index in [1.807, 2.05) is 0 Å². The van der Waals surface area contributed by atoms with Gasteiger partial charge in [-0.05, 0) is 0 Å². The van der Waals surface area contributed by atoms with Crippen LogP contribution in [0.3, 0.4) is 0 Å². The molecule has 0 aliphatic carbocycles. The van der Waals surface area contributed by atoms with Crippen molar-refractivity contribution < 1.29 is 24.6 Å². The molecule has 0 saturated carbocycles. The maximum Gasteiger partial charge on any atom is 0.326 e. The third kappa shape index (κ3) is 2.37. The first kappa shape index (κ1) is 12.6. The van der Waals surface area contributed by atoms with E-state index < -0.39 is 24.1 Å². The number of aliphatic hydroxyl groups excluding tert-OH is 1. The molecule has 8 nitrogen and oxygen atoms in total. The summed E-state index contributed by atoms with van der Waals surface area (Å²) >= 11 is 0. The van der Waals surface area contributed by atoms with Crippen LogP contribution in [0.1, 0.15) is 6.42 Å². The number of carboxylic acids is 1. The minimum atomic E-state index is -1.14. The van der Waals surface area contributed by atoms with Gasteiger partial charge in [-0.15, -0.1) is 0 Å². The van der Waals surface area contributed by atoms with Gasteiger partial charge in [-0.1, -0.05) is 0 Å². The van der Waals surface area contributed by atoms with Crippen LogP contribution < -0.4 is 5.32 Å². The minimum absolute atomic E-state index is 0.00603. The van der Waals surface area contributed by atoms with E-state index >= 15 is 0 Å². The van der Waals surface area contributed by atoms with Gasteiger partial charge in [-0.25, -0.2) is 9.59 Å². The highest BCUT2D eigenvalue weighted by molar-refractivity contribution is 5.88. The van der Waals surface area contributed by atoms with Crippen molar-refractivity contribution in [2.24, 2.45) is 0 Å². The first-order valence-corrected chi connectivity index (χ1v) is 5.72. The van der Waals surface area contributed by atoms with Gasteiger partial charge in [0.15, 0.2) is 0 Å². The van der Waals surface area contributed by atoms with Gasteiger partial charge in [0.25, 0.3) is 0 Å². The largest absolute Gasteiger partial charge is 0.480 e. The summed E-state index contributed by atoms with van der Waals surface area (Å²) in [5.74, 6) is -1.40. The molecule has 18 heavy (non-hydrogen) atoms. The fourth-order valence-electron chi connectivity index (χ4n) is 2.24. The number of hydrogen-bond donors (Lipinski definition) is 3. The number of nitrogens with one attached hydrogen (secondary N) is 1. The molecule has 2 rings (SSSR count). The van der Waals surface area contributed by atoms with Crippen molar-refractivity contribution in [2.75, 3.05) is 26.2 Å². The van der Waals surface area contributed by atoms with Crippen LogP contribution in [-0.4, -0.2) is 76.2 Å². The number of nitrogens with zero attached hydrogens (tertiary/aromatic N) is 2. The lowest BCUT2D eigenvalue weighted by Crippen LogP contribution is -2.55. The predicted molar refractivity (Wildman–Crippen MR) is 58.7 cm³/mol. The molecule has 0 unspecified atom stereocenters. The quantitative estimate of drug-likeness (QED) is 0.506. The predicted octanol–water partition coefficient (Wildman–Crippen LogP) is -1.94. The second kappa shape index (κ2) is 4.81. The van der Waals surface area contributed by atoms with Crippen LogP contribution in [0.2, 0.25) is 0 Å². The van der Waals surface area contributed by atoms with Crippen LogP contribution in [0.15, 0.2) is 0 Å². The number of aliphatic carboxylic acids is 1. The smallest absolute Gasteiger partial charge is 0.326 e. The molecule has 3 N–H and O–H groups in total. The van der Waals surface area contributed by atoms with Gasteiger partial charge >= 0.3 is 12.0 Å². The fraction of sp³-hybridized carbons (Fsp3) is 0.700. The van der Waals surface area contributed by atoms with Crippen molar-refractivity contribution in [1.82, 2.24) is 15.1 Å². The van der Waals surface area contributed by atoms with Gasteiger partial charge in [-0.2, -0.15) is 0 Å². The van der Waals surface area contributed by atoms with Gasteiger partial charge in [0, 0.05) is 26.1 Å². The number of carbonyl (C=O) groups is 3. The Bertz CT molecular complexity index is 386.